The van der Waals surface area contributed by atoms with E-state index >= 15 is 0 Å². The number of aliphatic hydroxyl groups is 1. The molecule has 4 aliphatic carbocycles. The third-order valence-corrected chi connectivity index (χ3v) is 8.55. The van der Waals surface area contributed by atoms with E-state index in [0.29, 0.717) is 17.4 Å². The lowest BCUT2D eigenvalue weighted by molar-refractivity contribution is -0.0128. The monoisotopic (exact) mass is 330 g/mol. The molecule has 0 aliphatic heterocycles. The van der Waals surface area contributed by atoms with Gasteiger partial charge < -0.3 is 10.4 Å². The van der Waals surface area contributed by atoms with Crippen LogP contribution in [0.15, 0.2) is 16.6 Å². The van der Waals surface area contributed by atoms with Crippen LogP contribution in [0.25, 0.3) is 0 Å². The molecule has 3 saturated carbocycles. The van der Waals surface area contributed by atoms with E-state index in [1.807, 2.05) is 7.05 Å². The largest absolute Gasteiger partial charge is 0.393 e. The van der Waals surface area contributed by atoms with Crippen LogP contribution >= 0.6 is 0 Å². The fourth-order valence-electron chi connectivity index (χ4n) is 7.09. The highest BCUT2D eigenvalue weighted by atomic mass is 16.3. The number of fused-ring (bicyclic) bond motifs is 5. The first-order chi connectivity index (χ1) is 11.4. The normalized spacial score (nSPS) is 52.5. The predicted octanol–water partition coefficient (Wildman–Crippen LogP) is 3.58. The first-order valence-electron chi connectivity index (χ1n) is 9.97. The van der Waals surface area contributed by atoms with Crippen LogP contribution in [0.2, 0.25) is 0 Å². The highest BCUT2D eigenvalue weighted by Gasteiger charge is 2.59. The van der Waals surface area contributed by atoms with Crippen molar-refractivity contribution < 1.29 is 5.11 Å². The quantitative estimate of drug-likeness (QED) is 0.772. The van der Waals surface area contributed by atoms with Gasteiger partial charge >= 0.3 is 0 Å². The van der Waals surface area contributed by atoms with Crippen LogP contribution in [0, 0.1) is 28.6 Å². The summed E-state index contributed by atoms with van der Waals surface area (Å²) in [5.74, 6) is 2.10. The summed E-state index contributed by atoms with van der Waals surface area (Å²) in [7, 11) is 4.11. The summed E-state index contributed by atoms with van der Waals surface area (Å²) >= 11 is 0. The summed E-state index contributed by atoms with van der Waals surface area (Å²) in [4.78, 5) is 4.76. The zero-order valence-corrected chi connectivity index (χ0v) is 15.8. The second-order valence-electron chi connectivity index (χ2n) is 9.33. The Bertz CT molecular complexity index is 582. The summed E-state index contributed by atoms with van der Waals surface area (Å²) in [5.41, 5.74) is 3.52. The van der Waals surface area contributed by atoms with Crippen LogP contribution in [-0.2, 0) is 0 Å². The molecule has 3 heteroatoms. The van der Waals surface area contributed by atoms with Gasteiger partial charge in [0.25, 0.3) is 0 Å². The zero-order chi connectivity index (χ0) is 17.1. The van der Waals surface area contributed by atoms with Gasteiger partial charge in [-0.2, -0.15) is 0 Å². The Morgan fingerprint density at radius 2 is 1.92 bits per heavy atom. The third kappa shape index (κ3) is 2.13. The fourth-order valence-corrected chi connectivity index (χ4v) is 7.09. The molecule has 0 aromatic carbocycles. The molecule has 0 saturated heterocycles. The molecular weight excluding hydrogens is 296 g/mol. The van der Waals surface area contributed by atoms with Gasteiger partial charge in [-0.1, -0.05) is 19.4 Å². The number of hydrogen-bond acceptors (Lipinski definition) is 3. The Labute approximate surface area is 147 Å². The number of aliphatic imine (C=N–C) groups is 1. The van der Waals surface area contributed by atoms with Gasteiger partial charge in [0.2, 0.25) is 0 Å². The Hall–Kier alpha value is -0.670. The van der Waals surface area contributed by atoms with Crippen molar-refractivity contribution in [3.8, 4) is 0 Å². The highest BCUT2D eigenvalue weighted by molar-refractivity contribution is 5.99. The van der Waals surface area contributed by atoms with Crippen molar-refractivity contribution in [1.82, 2.24) is 5.32 Å². The Balaban J connectivity index is 1.76. The highest BCUT2D eigenvalue weighted by Crippen LogP contribution is 2.64. The average Bonchev–Trinajstić information content (AvgIpc) is 2.91. The predicted molar refractivity (Wildman–Crippen MR) is 99.3 cm³/mol. The zero-order valence-electron chi connectivity index (χ0n) is 15.8. The summed E-state index contributed by atoms with van der Waals surface area (Å²) in [5, 5.41) is 13.8. The van der Waals surface area contributed by atoms with Crippen LogP contribution in [0.3, 0.4) is 0 Å². The number of nitrogens with one attached hydrogen (secondary N) is 1. The van der Waals surface area contributed by atoms with Gasteiger partial charge in [-0.05, 0) is 80.7 Å². The minimum absolute atomic E-state index is 0.145. The van der Waals surface area contributed by atoms with Crippen LogP contribution in [0.1, 0.15) is 58.8 Å². The van der Waals surface area contributed by atoms with E-state index in [1.54, 1.807) is 0 Å². The molecule has 3 unspecified atom stereocenters. The summed E-state index contributed by atoms with van der Waals surface area (Å²) < 4.78 is 0. The van der Waals surface area contributed by atoms with Gasteiger partial charge in [0.1, 0.15) is 0 Å². The van der Waals surface area contributed by atoms with E-state index in [4.69, 9.17) is 4.99 Å². The lowest BCUT2D eigenvalue weighted by atomic mass is 9.47. The Morgan fingerprint density at radius 3 is 2.62 bits per heavy atom. The van der Waals surface area contributed by atoms with Gasteiger partial charge in [0.05, 0.1) is 6.10 Å². The molecule has 0 heterocycles. The molecule has 3 fully saturated rings. The number of allylic oxidation sites excluding steroid dienone is 1. The first-order valence-corrected chi connectivity index (χ1v) is 9.97. The smallest absolute Gasteiger partial charge is 0.0578 e. The van der Waals surface area contributed by atoms with E-state index in [0.717, 1.165) is 31.1 Å². The molecule has 3 nitrogen and oxygen atoms in total. The Morgan fingerprint density at radius 1 is 1.12 bits per heavy atom. The van der Waals surface area contributed by atoms with Crippen molar-refractivity contribution >= 4 is 5.71 Å². The third-order valence-electron chi connectivity index (χ3n) is 8.55. The molecule has 0 bridgehead atoms. The molecule has 2 N–H and O–H groups in total. The molecule has 4 rings (SSSR count). The summed E-state index contributed by atoms with van der Waals surface area (Å²) in [6.07, 6.45) is 10.5. The van der Waals surface area contributed by atoms with Gasteiger partial charge in [-0.15, -0.1) is 0 Å². The molecule has 0 spiro atoms. The molecule has 4 aliphatic rings. The Kier molecular flexibility index (Phi) is 3.96. The van der Waals surface area contributed by atoms with Crippen molar-refractivity contribution in [3.63, 3.8) is 0 Å². The molecule has 7 atom stereocenters. The van der Waals surface area contributed by atoms with Crippen molar-refractivity contribution in [3.05, 3.63) is 11.6 Å². The standard InChI is InChI=1S/C21H34N2O/c1-20-9-7-14(24)11-13(20)12-17(22-3)19-15-5-6-18(23-4)21(15,2)10-8-16(19)20/h12,14-16,18-19,23-24H,5-11H2,1-4H3/t14?,15-,16+,18?,19?,20-,21-/m0/s1. The van der Waals surface area contributed by atoms with Crippen LogP contribution in [0.5, 0.6) is 0 Å². The van der Waals surface area contributed by atoms with Gasteiger partial charge in [0, 0.05) is 24.7 Å². The van der Waals surface area contributed by atoms with Crippen molar-refractivity contribution in [1.29, 1.82) is 0 Å². The minimum atomic E-state index is -0.145. The second kappa shape index (κ2) is 5.67. The molecule has 24 heavy (non-hydrogen) atoms. The van der Waals surface area contributed by atoms with Crippen molar-refractivity contribution in [2.75, 3.05) is 14.1 Å². The fraction of sp³-hybridized carbons (Fsp3) is 0.857. The number of rotatable bonds is 1. The van der Waals surface area contributed by atoms with Gasteiger partial charge in [-0.3, -0.25) is 4.99 Å². The van der Waals surface area contributed by atoms with Gasteiger partial charge in [-0.25, -0.2) is 0 Å². The van der Waals surface area contributed by atoms with Crippen molar-refractivity contribution in [2.45, 2.75) is 70.9 Å². The number of hydrogen-bond donors (Lipinski definition) is 2. The van der Waals surface area contributed by atoms with Crippen LogP contribution < -0.4 is 5.32 Å². The molecule has 0 amide bonds. The average molecular weight is 331 g/mol. The molecule has 0 aromatic rings. The lowest BCUT2D eigenvalue weighted by Gasteiger charge is -2.58. The second-order valence-corrected chi connectivity index (χ2v) is 9.33. The first kappa shape index (κ1) is 16.8. The maximum absolute atomic E-state index is 10.2. The summed E-state index contributed by atoms with van der Waals surface area (Å²) in [6, 6.07) is 0.660. The van der Waals surface area contributed by atoms with E-state index in [2.05, 4.69) is 32.3 Å². The lowest BCUT2D eigenvalue weighted by Crippen LogP contribution is -2.55. The molecule has 0 radical (unpaired) electrons. The van der Waals surface area contributed by atoms with E-state index in [9.17, 15) is 5.11 Å². The maximum Gasteiger partial charge on any atom is 0.0578 e. The van der Waals surface area contributed by atoms with E-state index in [-0.39, 0.29) is 11.5 Å². The molecule has 134 valence electrons. The molecule has 0 aromatic heterocycles. The molecular formula is C21H34N2O. The number of nitrogens with zero attached hydrogens (tertiary/aromatic N) is 1. The SMILES string of the molecule is CN=C1C=C2CC(O)CC[C@]2(C)[C@@H]2CC[C@]3(C)C(NC)CC[C@H]3C12. The topological polar surface area (TPSA) is 44.6 Å². The van der Waals surface area contributed by atoms with Crippen LogP contribution in [-0.4, -0.2) is 37.1 Å². The number of aliphatic hydroxyl groups excluding tert-OH is 1. The van der Waals surface area contributed by atoms with Crippen LogP contribution in [0.4, 0.5) is 0 Å². The van der Waals surface area contributed by atoms with E-state index in [1.165, 1.54) is 37.0 Å². The summed E-state index contributed by atoms with van der Waals surface area (Å²) in [6.45, 7) is 5.02. The van der Waals surface area contributed by atoms with Crippen molar-refractivity contribution in [2.24, 2.45) is 33.6 Å². The van der Waals surface area contributed by atoms with Gasteiger partial charge in [0.15, 0.2) is 0 Å². The maximum atomic E-state index is 10.2. The minimum Gasteiger partial charge on any atom is -0.393 e. The van der Waals surface area contributed by atoms with E-state index < -0.39 is 0 Å².